The summed E-state index contributed by atoms with van der Waals surface area (Å²) in [4.78, 5) is 4.84. The van der Waals surface area contributed by atoms with E-state index in [9.17, 15) is 0 Å². The van der Waals surface area contributed by atoms with Gasteiger partial charge in [-0.3, -0.25) is 4.99 Å². The zero-order valence-electron chi connectivity index (χ0n) is 10.7. The van der Waals surface area contributed by atoms with Gasteiger partial charge in [0.2, 0.25) is 0 Å². The van der Waals surface area contributed by atoms with Crippen LogP contribution in [0.4, 0.5) is 0 Å². The monoisotopic (exact) mass is 274 g/mol. The molecule has 0 saturated carbocycles. The van der Waals surface area contributed by atoms with Gasteiger partial charge in [0.15, 0.2) is 5.17 Å². The van der Waals surface area contributed by atoms with E-state index < -0.39 is 0 Å². The third-order valence-corrected chi connectivity index (χ3v) is 5.33. The van der Waals surface area contributed by atoms with Crippen LogP contribution in [-0.4, -0.2) is 47.7 Å². The predicted octanol–water partition coefficient (Wildman–Crippen LogP) is 2.37. The fourth-order valence-electron chi connectivity index (χ4n) is 2.21. The highest BCUT2D eigenvalue weighted by atomic mass is 32.2. The van der Waals surface area contributed by atoms with E-state index in [1.165, 1.54) is 0 Å². The zero-order chi connectivity index (χ0) is 12.1. The van der Waals surface area contributed by atoms with Crippen molar-refractivity contribution in [1.82, 2.24) is 5.32 Å². The molecule has 3 nitrogen and oxygen atoms in total. The van der Waals surface area contributed by atoms with Crippen LogP contribution in [0.2, 0.25) is 0 Å². The minimum absolute atomic E-state index is 0.277. The number of nitrogens with zero attached hydrogens (tertiary/aromatic N) is 1. The number of rotatable bonds is 4. The van der Waals surface area contributed by atoms with Crippen LogP contribution in [0, 0.1) is 0 Å². The van der Waals surface area contributed by atoms with Gasteiger partial charge in [-0.05, 0) is 25.5 Å². The van der Waals surface area contributed by atoms with Gasteiger partial charge < -0.3 is 10.1 Å². The highest BCUT2D eigenvalue weighted by molar-refractivity contribution is 8.14. The molecule has 0 aromatic heterocycles. The van der Waals surface area contributed by atoms with E-state index in [4.69, 9.17) is 9.73 Å². The maximum Gasteiger partial charge on any atom is 0.157 e. The van der Waals surface area contributed by atoms with Crippen molar-refractivity contribution >= 4 is 28.7 Å². The molecule has 0 aromatic carbocycles. The SMILES string of the molecule is CCC(CSC)N=C1NC2(CCOCC2)CS1. The van der Waals surface area contributed by atoms with E-state index in [1.807, 2.05) is 23.5 Å². The van der Waals surface area contributed by atoms with E-state index in [1.54, 1.807) is 0 Å². The summed E-state index contributed by atoms with van der Waals surface area (Å²) in [5.41, 5.74) is 0.277. The number of hydrogen-bond donors (Lipinski definition) is 1. The lowest BCUT2D eigenvalue weighted by molar-refractivity contribution is 0.0555. The zero-order valence-corrected chi connectivity index (χ0v) is 12.3. The van der Waals surface area contributed by atoms with Gasteiger partial charge in [-0.2, -0.15) is 11.8 Å². The van der Waals surface area contributed by atoms with Gasteiger partial charge >= 0.3 is 0 Å². The fraction of sp³-hybridized carbons (Fsp3) is 0.917. The number of thioether (sulfide) groups is 2. The van der Waals surface area contributed by atoms with Crippen LogP contribution in [0.5, 0.6) is 0 Å². The summed E-state index contributed by atoms with van der Waals surface area (Å²) in [5.74, 6) is 2.28. The van der Waals surface area contributed by atoms with E-state index in [0.29, 0.717) is 6.04 Å². The highest BCUT2D eigenvalue weighted by Gasteiger charge is 2.38. The first-order chi connectivity index (χ1) is 8.28. The lowest BCUT2D eigenvalue weighted by atomic mass is 9.93. The largest absolute Gasteiger partial charge is 0.381 e. The molecule has 2 saturated heterocycles. The second-order valence-corrected chi connectivity index (χ2v) is 6.63. The van der Waals surface area contributed by atoms with Crippen molar-refractivity contribution in [3.05, 3.63) is 0 Å². The molecule has 0 radical (unpaired) electrons. The maximum absolute atomic E-state index is 5.44. The summed E-state index contributed by atoms with van der Waals surface area (Å²) in [6, 6.07) is 0.468. The molecule has 0 aromatic rings. The van der Waals surface area contributed by atoms with Gasteiger partial charge in [0.25, 0.3) is 0 Å². The summed E-state index contributed by atoms with van der Waals surface area (Å²) in [6.45, 7) is 4.00. The van der Waals surface area contributed by atoms with E-state index in [0.717, 1.165) is 49.1 Å². The summed E-state index contributed by atoms with van der Waals surface area (Å²) >= 11 is 3.77. The lowest BCUT2D eigenvalue weighted by Crippen LogP contribution is -2.48. The van der Waals surface area contributed by atoms with Gasteiger partial charge in [0.1, 0.15) is 0 Å². The van der Waals surface area contributed by atoms with Gasteiger partial charge in [-0.1, -0.05) is 18.7 Å². The number of amidine groups is 1. The Balaban J connectivity index is 1.93. The van der Waals surface area contributed by atoms with Crippen molar-refractivity contribution in [3.63, 3.8) is 0 Å². The normalized spacial score (nSPS) is 27.3. The average Bonchev–Trinajstić information content (AvgIpc) is 2.72. The molecule has 5 heteroatoms. The Morgan fingerprint density at radius 1 is 1.53 bits per heavy atom. The Morgan fingerprint density at radius 3 is 2.94 bits per heavy atom. The van der Waals surface area contributed by atoms with Crippen molar-refractivity contribution in [1.29, 1.82) is 0 Å². The molecule has 2 heterocycles. The van der Waals surface area contributed by atoms with E-state index in [2.05, 4.69) is 18.5 Å². The Bertz CT molecular complexity index is 278. The summed E-state index contributed by atoms with van der Waals surface area (Å²) in [7, 11) is 0. The van der Waals surface area contributed by atoms with Crippen LogP contribution in [0.15, 0.2) is 4.99 Å². The third kappa shape index (κ3) is 3.55. The first-order valence-electron chi connectivity index (χ1n) is 6.33. The minimum Gasteiger partial charge on any atom is -0.381 e. The smallest absolute Gasteiger partial charge is 0.157 e. The van der Waals surface area contributed by atoms with Crippen molar-refractivity contribution in [3.8, 4) is 0 Å². The van der Waals surface area contributed by atoms with Crippen LogP contribution in [-0.2, 0) is 4.74 Å². The quantitative estimate of drug-likeness (QED) is 0.853. The molecule has 98 valence electrons. The molecular weight excluding hydrogens is 252 g/mol. The van der Waals surface area contributed by atoms with Gasteiger partial charge in [0, 0.05) is 24.7 Å². The summed E-state index contributed by atoms with van der Waals surface area (Å²) in [6.07, 6.45) is 5.53. The van der Waals surface area contributed by atoms with Crippen LogP contribution in [0.25, 0.3) is 0 Å². The second-order valence-electron chi connectivity index (χ2n) is 4.76. The molecule has 2 aliphatic heterocycles. The maximum atomic E-state index is 5.44. The Kier molecular flexibility index (Phi) is 5.06. The standard InChI is InChI=1S/C12H22N2OS2/c1-3-10(8-16-2)13-11-14-12(9-17-11)4-6-15-7-5-12/h10H,3-9H2,1-2H3,(H,13,14). The van der Waals surface area contributed by atoms with Crippen molar-refractivity contribution in [2.24, 2.45) is 4.99 Å². The molecule has 17 heavy (non-hydrogen) atoms. The van der Waals surface area contributed by atoms with Crippen molar-refractivity contribution < 1.29 is 4.74 Å². The first kappa shape index (κ1) is 13.6. The fourth-order valence-corrected chi connectivity index (χ4v) is 4.19. The molecule has 1 unspecified atom stereocenters. The van der Waals surface area contributed by atoms with Gasteiger partial charge in [-0.25, -0.2) is 0 Å². The van der Waals surface area contributed by atoms with Crippen molar-refractivity contribution in [2.75, 3.05) is 31.0 Å². The van der Waals surface area contributed by atoms with Crippen LogP contribution >= 0.6 is 23.5 Å². The lowest BCUT2D eigenvalue weighted by Gasteiger charge is -2.32. The van der Waals surface area contributed by atoms with Gasteiger partial charge in [-0.15, -0.1) is 0 Å². The molecule has 1 N–H and O–H groups in total. The minimum atomic E-state index is 0.277. The molecule has 2 fully saturated rings. The number of aliphatic imine (C=N–C) groups is 1. The highest BCUT2D eigenvalue weighted by Crippen LogP contribution is 2.32. The molecule has 1 spiro atoms. The molecule has 0 amide bonds. The van der Waals surface area contributed by atoms with Crippen LogP contribution in [0.3, 0.4) is 0 Å². The second kappa shape index (κ2) is 6.34. The van der Waals surface area contributed by atoms with Gasteiger partial charge in [0.05, 0.1) is 11.6 Å². The topological polar surface area (TPSA) is 33.6 Å². The molecular formula is C12H22N2OS2. The Hall–Kier alpha value is 0.130. The molecule has 2 aliphatic rings. The van der Waals surface area contributed by atoms with E-state index >= 15 is 0 Å². The first-order valence-corrected chi connectivity index (χ1v) is 8.71. The number of ether oxygens (including phenoxy) is 1. The molecule has 0 bridgehead atoms. The molecule has 1 atom stereocenters. The number of nitrogens with one attached hydrogen (secondary N) is 1. The Morgan fingerprint density at radius 2 is 2.29 bits per heavy atom. The van der Waals surface area contributed by atoms with Crippen LogP contribution < -0.4 is 5.32 Å². The molecule has 0 aliphatic carbocycles. The Labute approximate surface area is 113 Å². The van der Waals surface area contributed by atoms with Crippen molar-refractivity contribution in [2.45, 2.75) is 37.8 Å². The number of hydrogen-bond acceptors (Lipinski definition) is 4. The summed E-state index contributed by atoms with van der Waals surface area (Å²) < 4.78 is 5.44. The molecule has 2 rings (SSSR count). The van der Waals surface area contributed by atoms with E-state index in [-0.39, 0.29) is 5.54 Å². The average molecular weight is 274 g/mol. The third-order valence-electron chi connectivity index (χ3n) is 3.44. The van der Waals surface area contributed by atoms with Crippen LogP contribution in [0.1, 0.15) is 26.2 Å². The summed E-state index contributed by atoms with van der Waals surface area (Å²) in [5, 5.41) is 4.81. The predicted molar refractivity (Wildman–Crippen MR) is 78.3 cm³/mol.